The molecule has 0 saturated carbocycles. The monoisotopic (exact) mass is 237 g/mol. The first-order valence-corrected chi connectivity index (χ1v) is 6.36. The van der Waals surface area contributed by atoms with E-state index in [4.69, 9.17) is 4.74 Å². The largest absolute Gasteiger partial charge is 0.492 e. The van der Waals surface area contributed by atoms with Crippen molar-refractivity contribution in [1.29, 1.82) is 0 Å². The third kappa shape index (κ3) is 3.70. The quantitative estimate of drug-likeness (QED) is 0.868. The lowest BCUT2D eigenvalue weighted by Crippen LogP contribution is -2.38. The van der Waals surface area contributed by atoms with Crippen LogP contribution >= 0.6 is 0 Å². The highest BCUT2D eigenvalue weighted by molar-refractivity contribution is 5.28. The molecule has 2 unspecified atom stereocenters. The first kappa shape index (κ1) is 12.4. The van der Waals surface area contributed by atoms with Gasteiger partial charge in [0.1, 0.15) is 18.5 Å². The van der Waals surface area contributed by atoms with E-state index >= 15 is 0 Å². The van der Waals surface area contributed by atoms with Gasteiger partial charge in [-0.05, 0) is 44.0 Å². The molecule has 1 saturated heterocycles. The number of ether oxygens (including phenoxy) is 1. The maximum absolute atomic E-state index is 13.0. The van der Waals surface area contributed by atoms with Crippen molar-refractivity contribution in [3.8, 4) is 5.75 Å². The van der Waals surface area contributed by atoms with Crippen LogP contribution in [-0.2, 0) is 0 Å². The van der Waals surface area contributed by atoms with Gasteiger partial charge in [0, 0.05) is 6.04 Å². The summed E-state index contributed by atoms with van der Waals surface area (Å²) in [4.78, 5) is 0. The first-order chi connectivity index (χ1) is 8.25. The van der Waals surface area contributed by atoms with Crippen molar-refractivity contribution in [1.82, 2.24) is 5.32 Å². The van der Waals surface area contributed by atoms with E-state index in [1.165, 1.54) is 19.3 Å². The topological polar surface area (TPSA) is 21.3 Å². The molecule has 94 valence electrons. The summed E-state index contributed by atoms with van der Waals surface area (Å²) in [5.41, 5.74) is 0.702. The van der Waals surface area contributed by atoms with E-state index in [9.17, 15) is 4.39 Å². The van der Waals surface area contributed by atoms with Crippen molar-refractivity contribution in [2.24, 2.45) is 0 Å². The summed E-state index contributed by atoms with van der Waals surface area (Å²) >= 11 is 0. The van der Waals surface area contributed by atoms with Gasteiger partial charge in [-0.2, -0.15) is 0 Å². The zero-order valence-electron chi connectivity index (χ0n) is 10.3. The summed E-state index contributed by atoms with van der Waals surface area (Å²) in [7, 11) is 0. The predicted molar refractivity (Wildman–Crippen MR) is 67.1 cm³/mol. The molecule has 1 heterocycles. The Labute approximate surface area is 102 Å². The molecule has 17 heavy (non-hydrogen) atoms. The van der Waals surface area contributed by atoms with Gasteiger partial charge in [-0.3, -0.25) is 0 Å². The summed E-state index contributed by atoms with van der Waals surface area (Å²) in [6.45, 7) is 3.33. The van der Waals surface area contributed by atoms with Gasteiger partial charge < -0.3 is 10.1 Å². The molecular formula is C14H20FNO. The molecule has 1 aromatic rings. The molecule has 1 aromatic carbocycles. The van der Waals surface area contributed by atoms with E-state index in [2.05, 4.69) is 5.32 Å². The molecule has 0 radical (unpaired) electrons. The average molecular weight is 237 g/mol. The van der Waals surface area contributed by atoms with Gasteiger partial charge in [-0.25, -0.2) is 4.39 Å². The third-order valence-corrected chi connectivity index (χ3v) is 3.20. The number of hydrogen-bond acceptors (Lipinski definition) is 2. The van der Waals surface area contributed by atoms with Crippen LogP contribution in [0.3, 0.4) is 0 Å². The van der Waals surface area contributed by atoms with Crippen molar-refractivity contribution in [2.75, 3.05) is 13.2 Å². The molecule has 0 spiro atoms. The Balaban J connectivity index is 1.82. The number of benzene rings is 1. The standard InChI is InChI=1S/C14H20FNO/c1-11(15)12-5-7-14(8-6-12)17-10-13-4-2-3-9-16-13/h5-8,11,13,16H,2-4,9-10H2,1H3. The number of alkyl halides is 1. The Bertz CT molecular complexity index is 331. The van der Waals surface area contributed by atoms with Gasteiger partial charge in [0.05, 0.1) is 0 Å². The zero-order chi connectivity index (χ0) is 12.1. The molecular weight excluding hydrogens is 217 g/mol. The van der Waals surface area contributed by atoms with Gasteiger partial charge >= 0.3 is 0 Å². The van der Waals surface area contributed by atoms with Crippen LogP contribution in [0.4, 0.5) is 4.39 Å². The lowest BCUT2D eigenvalue weighted by Gasteiger charge is -2.23. The molecule has 0 aliphatic carbocycles. The summed E-state index contributed by atoms with van der Waals surface area (Å²) in [6.07, 6.45) is 2.81. The predicted octanol–water partition coefficient (Wildman–Crippen LogP) is 3.24. The number of hydrogen-bond donors (Lipinski definition) is 1. The molecule has 0 bridgehead atoms. The van der Waals surface area contributed by atoms with Crippen LogP contribution in [0.1, 0.15) is 37.9 Å². The first-order valence-electron chi connectivity index (χ1n) is 6.36. The van der Waals surface area contributed by atoms with Crippen LogP contribution in [0.2, 0.25) is 0 Å². The number of rotatable bonds is 4. The van der Waals surface area contributed by atoms with Gasteiger partial charge in [0.25, 0.3) is 0 Å². The van der Waals surface area contributed by atoms with Crippen molar-refractivity contribution in [3.05, 3.63) is 29.8 Å². The fourth-order valence-corrected chi connectivity index (χ4v) is 2.09. The summed E-state index contributed by atoms with van der Waals surface area (Å²) in [6, 6.07) is 7.72. The molecule has 1 aliphatic rings. The highest BCUT2D eigenvalue weighted by Gasteiger charge is 2.12. The zero-order valence-corrected chi connectivity index (χ0v) is 10.3. The minimum Gasteiger partial charge on any atom is -0.492 e. The van der Waals surface area contributed by atoms with Crippen LogP contribution in [0.25, 0.3) is 0 Å². The molecule has 2 rings (SSSR count). The van der Waals surface area contributed by atoms with E-state index in [-0.39, 0.29) is 0 Å². The van der Waals surface area contributed by atoms with Crippen LogP contribution in [0, 0.1) is 0 Å². The molecule has 3 heteroatoms. The lowest BCUT2D eigenvalue weighted by molar-refractivity contribution is 0.239. The lowest BCUT2D eigenvalue weighted by atomic mass is 10.1. The SMILES string of the molecule is CC(F)c1ccc(OCC2CCCCN2)cc1. The highest BCUT2D eigenvalue weighted by atomic mass is 19.1. The van der Waals surface area contributed by atoms with Crippen molar-refractivity contribution in [2.45, 2.75) is 38.4 Å². The smallest absolute Gasteiger partial charge is 0.122 e. The van der Waals surface area contributed by atoms with Gasteiger partial charge in [-0.1, -0.05) is 18.6 Å². The number of piperidine rings is 1. The second-order valence-corrected chi connectivity index (χ2v) is 4.64. The van der Waals surface area contributed by atoms with E-state index in [1.54, 1.807) is 19.1 Å². The van der Waals surface area contributed by atoms with Crippen LogP contribution in [-0.4, -0.2) is 19.2 Å². The van der Waals surface area contributed by atoms with Crippen LogP contribution in [0.15, 0.2) is 24.3 Å². The molecule has 2 atom stereocenters. The summed E-state index contributed by atoms with van der Waals surface area (Å²) < 4.78 is 18.7. The fraction of sp³-hybridized carbons (Fsp3) is 0.571. The molecule has 0 amide bonds. The van der Waals surface area contributed by atoms with E-state index in [0.29, 0.717) is 18.2 Å². The van der Waals surface area contributed by atoms with Gasteiger partial charge in [0.15, 0.2) is 0 Å². The maximum Gasteiger partial charge on any atom is 0.122 e. The molecule has 1 N–H and O–H groups in total. The Morgan fingerprint density at radius 2 is 2.12 bits per heavy atom. The Morgan fingerprint density at radius 1 is 1.35 bits per heavy atom. The maximum atomic E-state index is 13.0. The number of halogens is 1. The van der Waals surface area contributed by atoms with Crippen molar-refractivity contribution in [3.63, 3.8) is 0 Å². The fourth-order valence-electron chi connectivity index (χ4n) is 2.09. The minimum atomic E-state index is -0.913. The van der Waals surface area contributed by atoms with Crippen molar-refractivity contribution >= 4 is 0 Å². The van der Waals surface area contributed by atoms with Crippen molar-refractivity contribution < 1.29 is 9.13 Å². The number of nitrogens with one attached hydrogen (secondary N) is 1. The molecule has 0 aromatic heterocycles. The Hall–Kier alpha value is -1.09. The molecule has 2 nitrogen and oxygen atoms in total. The Kier molecular flexibility index (Phi) is 4.37. The second-order valence-electron chi connectivity index (χ2n) is 4.64. The van der Waals surface area contributed by atoms with E-state index in [0.717, 1.165) is 12.3 Å². The Morgan fingerprint density at radius 3 is 2.71 bits per heavy atom. The van der Waals surface area contributed by atoms with E-state index < -0.39 is 6.17 Å². The molecule has 1 fully saturated rings. The normalized spacial score (nSPS) is 22.1. The summed E-state index contributed by atoms with van der Waals surface area (Å²) in [5.74, 6) is 0.821. The van der Waals surface area contributed by atoms with Crippen LogP contribution in [0.5, 0.6) is 5.75 Å². The van der Waals surface area contributed by atoms with Crippen LogP contribution < -0.4 is 10.1 Å². The summed E-state index contributed by atoms with van der Waals surface area (Å²) in [5, 5.41) is 3.43. The second kappa shape index (κ2) is 6.01. The average Bonchev–Trinajstić information content (AvgIpc) is 2.38. The van der Waals surface area contributed by atoms with Gasteiger partial charge in [-0.15, -0.1) is 0 Å². The third-order valence-electron chi connectivity index (χ3n) is 3.20. The minimum absolute atomic E-state index is 0.462. The molecule has 1 aliphatic heterocycles. The van der Waals surface area contributed by atoms with Gasteiger partial charge in [0.2, 0.25) is 0 Å². The highest BCUT2D eigenvalue weighted by Crippen LogP contribution is 2.20. The van der Waals surface area contributed by atoms with E-state index in [1.807, 2.05) is 12.1 Å².